The Morgan fingerprint density at radius 1 is 1.55 bits per heavy atom. The van der Waals surface area contributed by atoms with Gasteiger partial charge in [-0.05, 0) is 32.6 Å². The summed E-state index contributed by atoms with van der Waals surface area (Å²) in [6.07, 6.45) is 2.27. The van der Waals surface area contributed by atoms with E-state index in [4.69, 9.17) is 15.6 Å². The van der Waals surface area contributed by atoms with Crippen molar-refractivity contribution in [2.75, 3.05) is 6.61 Å². The first-order valence-corrected chi connectivity index (χ1v) is 7.81. The van der Waals surface area contributed by atoms with Crippen molar-refractivity contribution in [1.82, 2.24) is 5.32 Å². The molecule has 1 rings (SSSR count). The summed E-state index contributed by atoms with van der Waals surface area (Å²) in [5.41, 5.74) is 4.55. The molecule has 0 saturated heterocycles. The number of aliphatic carboxylic acids is 1. The molecule has 0 spiro atoms. The molecule has 1 aliphatic rings. The van der Waals surface area contributed by atoms with Crippen molar-refractivity contribution in [1.29, 1.82) is 0 Å². The standard InChI is InChI=1S/C16H30N2O4/c1-11-6-7-14(2,3)16(11,22-10-15(4,5)17)18-12(9-19)8-13(20)21/h9,11-12,18H,6-8,10,17H2,1-5H3,(H,20,21)/t11?,12-,16?/m0/s1. The summed E-state index contributed by atoms with van der Waals surface area (Å²) in [5.74, 6) is -0.858. The molecule has 0 aromatic carbocycles. The minimum absolute atomic E-state index is 0.154. The number of carbonyl (C=O) groups excluding carboxylic acids is 1. The van der Waals surface area contributed by atoms with Crippen LogP contribution in [0.25, 0.3) is 0 Å². The lowest BCUT2D eigenvalue weighted by Crippen LogP contribution is -2.63. The fraction of sp³-hybridized carbons (Fsp3) is 0.875. The third kappa shape index (κ3) is 4.27. The molecule has 3 atom stereocenters. The molecule has 0 amide bonds. The van der Waals surface area contributed by atoms with Crippen molar-refractivity contribution in [2.24, 2.45) is 17.1 Å². The van der Waals surface area contributed by atoms with Crippen LogP contribution >= 0.6 is 0 Å². The van der Waals surface area contributed by atoms with Gasteiger partial charge in [0, 0.05) is 11.0 Å². The number of carboxylic acid groups (broad SMARTS) is 1. The van der Waals surface area contributed by atoms with Gasteiger partial charge in [0.2, 0.25) is 0 Å². The number of rotatable bonds is 8. The van der Waals surface area contributed by atoms with Gasteiger partial charge in [-0.15, -0.1) is 0 Å². The average molecular weight is 314 g/mol. The minimum atomic E-state index is -1.01. The van der Waals surface area contributed by atoms with Crippen molar-refractivity contribution in [3.8, 4) is 0 Å². The number of nitrogens with one attached hydrogen (secondary N) is 1. The Morgan fingerprint density at radius 3 is 2.50 bits per heavy atom. The molecule has 0 heterocycles. The van der Waals surface area contributed by atoms with E-state index in [9.17, 15) is 9.59 Å². The molecule has 6 nitrogen and oxygen atoms in total. The number of aldehydes is 1. The second kappa shape index (κ2) is 6.64. The quantitative estimate of drug-likeness (QED) is 0.464. The zero-order valence-electron chi connectivity index (χ0n) is 14.3. The highest BCUT2D eigenvalue weighted by molar-refractivity contribution is 5.73. The van der Waals surface area contributed by atoms with Crippen molar-refractivity contribution in [2.45, 2.75) is 71.2 Å². The van der Waals surface area contributed by atoms with Crippen molar-refractivity contribution < 1.29 is 19.4 Å². The molecule has 1 saturated carbocycles. The molecule has 128 valence electrons. The highest BCUT2D eigenvalue weighted by Crippen LogP contribution is 2.50. The molecule has 4 N–H and O–H groups in total. The molecule has 6 heteroatoms. The number of nitrogens with two attached hydrogens (primary N) is 1. The van der Waals surface area contributed by atoms with Crippen LogP contribution in [0.1, 0.15) is 53.9 Å². The van der Waals surface area contributed by atoms with E-state index in [0.29, 0.717) is 12.9 Å². The Bertz CT molecular complexity index is 417. The Morgan fingerprint density at radius 2 is 2.14 bits per heavy atom. The number of carbonyl (C=O) groups is 2. The van der Waals surface area contributed by atoms with Gasteiger partial charge in [-0.25, -0.2) is 0 Å². The fourth-order valence-electron chi connectivity index (χ4n) is 3.25. The van der Waals surface area contributed by atoms with Crippen LogP contribution in [0.4, 0.5) is 0 Å². The lowest BCUT2D eigenvalue weighted by molar-refractivity contribution is -0.169. The maximum absolute atomic E-state index is 11.3. The van der Waals surface area contributed by atoms with Gasteiger partial charge >= 0.3 is 5.97 Å². The second-order valence-electron chi connectivity index (χ2n) is 7.82. The topological polar surface area (TPSA) is 102 Å². The van der Waals surface area contributed by atoms with E-state index in [2.05, 4.69) is 26.1 Å². The summed E-state index contributed by atoms with van der Waals surface area (Å²) in [7, 11) is 0. The van der Waals surface area contributed by atoms with Gasteiger partial charge in [0.05, 0.1) is 19.1 Å². The molecule has 1 aliphatic carbocycles. The number of carboxylic acids is 1. The Balaban J connectivity index is 3.05. The maximum atomic E-state index is 11.3. The zero-order chi connectivity index (χ0) is 17.2. The minimum Gasteiger partial charge on any atom is -0.481 e. The number of hydrogen-bond donors (Lipinski definition) is 3. The van der Waals surface area contributed by atoms with E-state index < -0.39 is 23.3 Å². The van der Waals surface area contributed by atoms with Crippen molar-refractivity contribution >= 4 is 12.3 Å². The molecule has 0 aromatic heterocycles. The third-order valence-corrected chi connectivity index (χ3v) is 4.53. The van der Waals surface area contributed by atoms with Crippen molar-refractivity contribution in [3.05, 3.63) is 0 Å². The second-order valence-corrected chi connectivity index (χ2v) is 7.82. The fourth-order valence-corrected chi connectivity index (χ4v) is 3.25. The van der Waals surface area contributed by atoms with E-state index in [-0.39, 0.29) is 17.8 Å². The maximum Gasteiger partial charge on any atom is 0.305 e. The predicted octanol–water partition coefficient (Wildman–Crippen LogP) is 1.52. The third-order valence-electron chi connectivity index (χ3n) is 4.53. The SMILES string of the molecule is CC1CCC(C)(C)C1(N[C@H](C=O)CC(=O)O)OCC(C)(C)N. The first kappa shape index (κ1) is 19.1. The Hall–Kier alpha value is -0.980. The van der Waals surface area contributed by atoms with Gasteiger partial charge < -0.3 is 20.4 Å². The van der Waals surface area contributed by atoms with Crippen LogP contribution in [0.3, 0.4) is 0 Å². The van der Waals surface area contributed by atoms with Crippen molar-refractivity contribution in [3.63, 3.8) is 0 Å². The molecule has 0 radical (unpaired) electrons. The Kier molecular flexibility index (Phi) is 5.76. The smallest absolute Gasteiger partial charge is 0.305 e. The van der Waals surface area contributed by atoms with Crippen LogP contribution in [-0.4, -0.2) is 41.3 Å². The molecule has 0 bridgehead atoms. The molecule has 1 fully saturated rings. The summed E-state index contributed by atoms with van der Waals surface area (Å²) < 4.78 is 6.21. The highest BCUT2D eigenvalue weighted by Gasteiger charge is 2.55. The van der Waals surface area contributed by atoms with Gasteiger partial charge in [-0.3, -0.25) is 10.1 Å². The van der Waals surface area contributed by atoms with Gasteiger partial charge in [0.1, 0.15) is 12.0 Å². The first-order valence-electron chi connectivity index (χ1n) is 7.81. The van der Waals surface area contributed by atoms with Crippen LogP contribution in [0.2, 0.25) is 0 Å². The van der Waals surface area contributed by atoms with Crippen LogP contribution in [0, 0.1) is 11.3 Å². The normalized spacial score (nSPS) is 29.3. The first-order chi connectivity index (χ1) is 9.93. The van der Waals surface area contributed by atoms with E-state index in [0.717, 1.165) is 12.8 Å². The molecular formula is C16H30N2O4. The van der Waals surface area contributed by atoms with E-state index >= 15 is 0 Å². The van der Waals surface area contributed by atoms with E-state index in [1.165, 1.54) is 0 Å². The van der Waals surface area contributed by atoms with Crippen LogP contribution in [-0.2, 0) is 14.3 Å². The number of ether oxygens (including phenoxy) is 1. The zero-order valence-corrected chi connectivity index (χ0v) is 14.3. The summed E-state index contributed by atoms with van der Waals surface area (Å²) in [6.45, 7) is 10.3. The molecular weight excluding hydrogens is 284 g/mol. The van der Waals surface area contributed by atoms with Crippen LogP contribution < -0.4 is 11.1 Å². The lowest BCUT2D eigenvalue weighted by atomic mass is 9.80. The van der Waals surface area contributed by atoms with E-state index in [1.807, 2.05) is 13.8 Å². The highest BCUT2D eigenvalue weighted by atomic mass is 16.5. The summed E-state index contributed by atoms with van der Waals surface area (Å²) in [5, 5.41) is 12.2. The summed E-state index contributed by atoms with van der Waals surface area (Å²) >= 11 is 0. The van der Waals surface area contributed by atoms with Gasteiger partial charge in [-0.1, -0.05) is 20.8 Å². The Labute approximate surface area is 132 Å². The van der Waals surface area contributed by atoms with Crippen LogP contribution in [0.15, 0.2) is 0 Å². The average Bonchev–Trinajstić information content (AvgIpc) is 2.58. The molecule has 22 heavy (non-hydrogen) atoms. The van der Waals surface area contributed by atoms with Crippen LogP contribution in [0.5, 0.6) is 0 Å². The summed E-state index contributed by atoms with van der Waals surface area (Å²) in [4.78, 5) is 22.2. The van der Waals surface area contributed by atoms with E-state index in [1.54, 1.807) is 0 Å². The van der Waals surface area contributed by atoms with Gasteiger partial charge in [-0.2, -0.15) is 0 Å². The molecule has 0 aliphatic heterocycles. The lowest BCUT2D eigenvalue weighted by Gasteiger charge is -2.47. The van der Waals surface area contributed by atoms with Gasteiger partial charge in [0.25, 0.3) is 0 Å². The number of hydrogen-bond acceptors (Lipinski definition) is 5. The predicted molar refractivity (Wildman–Crippen MR) is 84.4 cm³/mol. The molecule has 0 aromatic rings. The van der Waals surface area contributed by atoms with Gasteiger partial charge in [0.15, 0.2) is 0 Å². The largest absolute Gasteiger partial charge is 0.481 e. The molecule has 2 unspecified atom stereocenters. The monoisotopic (exact) mass is 314 g/mol. The summed E-state index contributed by atoms with van der Waals surface area (Å²) in [6, 6.07) is -0.779.